The van der Waals surface area contributed by atoms with E-state index in [1.807, 2.05) is 23.2 Å². The van der Waals surface area contributed by atoms with Gasteiger partial charge in [-0.1, -0.05) is 6.07 Å². The number of likely N-dealkylation sites (tertiary alicyclic amines) is 2. The van der Waals surface area contributed by atoms with Crippen molar-refractivity contribution in [3.8, 4) is 0 Å². The van der Waals surface area contributed by atoms with E-state index in [-0.39, 0.29) is 11.8 Å². The first-order valence-corrected chi connectivity index (χ1v) is 11.4. The maximum atomic E-state index is 13.2. The van der Waals surface area contributed by atoms with Gasteiger partial charge in [0.15, 0.2) is 0 Å². The Kier molecular flexibility index (Phi) is 6.48. The predicted molar refractivity (Wildman–Crippen MR) is 112 cm³/mol. The summed E-state index contributed by atoms with van der Waals surface area (Å²) in [5.41, 5.74) is 1.09. The number of piperidine rings is 2. The Morgan fingerprint density at radius 3 is 2.55 bits per heavy atom. The second-order valence-corrected chi connectivity index (χ2v) is 8.88. The molecule has 3 aliphatic rings. The molecule has 0 spiro atoms. The highest BCUT2D eigenvalue weighted by atomic mass is 16.2. The van der Waals surface area contributed by atoms with E-state index in [4.69, 9.17) is 0 Å². The molecule has 0 bridgehead atoms. The van der Waals surface area contributed by atoms with Crippen molar-refractivity contribution in [3.05, 3.63) is 30.1 Å². The zero-order valence-electron chi connectivity index (χ0n) is 17.6. The molecule has 1 aliphatic carbocycles. The average molecular weight is 399 g/mol. The largest absolute Gasteiger partial charge is 0.342 e. The lowest BCUT2D eigenvalue weighted by Gasteiger charge is -2.42. The number of hydrogen-bond acceptors (Lipinski definition) is 4. The highest BCUT2D eigenvalue weighted by Gasteiger charge is 2.37. The highest BCUT2D eigenvalue weighted by Crippen LogP contribution is 2.33. The van der Waals surface area contributed by atoms with Gasteiger partial charge in [0.2, 0.25) is 11.8 Å². The van der Waals surface area contributed by atoms with E-state index < -0.39 is 0 Å². The van der Waals surface area contributed by atoms with Crippen molar-refractivity contribution in [3.63, 3.8) is 0 Å². The second-order valence-electron chi connectivity index (χ2n) is 8.88. The van der Waals surface area contributed by atoms with E-state index in [0.29, 0.717) is 24.4 Å². The van der Waals surface area contributed by atoms with Gasteiger partial charge in [0, 0.05) is 57.1 Å². The molecule has 1 atom stereocenters. The second kappa shape index (κ2) is 9.24. The van der Waals surface area contributed by atoms with Crippen molar-refractivity contribution >= 4 is 11.8 Å². The van der Waals surface area contributed by atoms with Crippen molar-refractivity contribution in [1.82, 2.24) is 19.7 Å². The van der Waals surface area contributed by atoms with Crippen molar-refractivity contribution in [1.29, 1.82) is 0 Å². The van der Waals surface area contributed by atoms with E-state index >= 15 is 0 Å². The molecule has 3 fully saturated rings. The fraction of sp³-hybridized carbons (Fsp3) is 0.696. The number of amides is 2. The summed E-state index contributed by atoms with van der Waals surface area (Å²) in [4.78, 5) is 36.3. The van der Waals surface area contributed by atoms with Gasteiger partial charge in [-0.25, -0.2) is 0 Å². The monoisotopic (exact) mass is 398 g/mol. The summed E-state index contributed by atoms with van der Waals surface area (Å²) >= 11 is 0. The van der Waals surface area contributed by atoms with Gasteiger partial charge in [0.25, 0.3) is 0 Å². The third-order valence-electron chi connectivity index (χ3n) is 6.81. The standard InChI is InChI=1S/C23H34N4O2/c1-2-25(16-18-5-3-11-24-15-18)23(29)20-6-4-12-27(17-20)21-9-13-26(14-10-21)22(28)19-7-8-19/h3,5,11,15,19-21H,2,4,6-10,12-14,16-17H2,1H3. The van der Waals surface area contributed by atoms with E-state index in [0.717, 1.165) is 76.8 Å². The minimum Gasteiger partial charge on any atom is -0.342 e. The molecule has 0 aromatic carbocycles. The van der Waals surface area contributed by atoms with Crippen LogP contribution in [0.1, 0.15) is 51.0 Å². The number of nitrogens with zero attached hydrogens (tertiary/aromatic N) is 4. The molecular weight excluding hydrogens is 364 g/mol. The molecule has 0 N–H and O–H groups in total. The average Bonchev–Trinajstić information content (AvgIpc) is 3.63. The van der Waals surface area contributed by atoms with Crippen LogP contribution in [0.2, 0.25) is 0 Å². The number of carbonyl (C=O) groups is 2. The third kappa shape index (κ3) is 4.97. The van der Waals surface area contributed by atoms with Gasteiger partial charge >= 0.3 is 0 Å². The minimum atomic E-state index is 0.0893. The molecule has 2 aliphatic heterocycles. The maximum absolute atomic E-state index is 13.2. The lowest BCUT2D eigenvalue weighted by atomic mass is 9.92. The van der Waals surface area contributed by atoms with E-state index in [9.17, 15) is 9.59 Å². The Bertz CT molecular complexity index is 698. The Balaban J connectivity index is 1.30. The molecular formula is C23H34N4O2. The lowest BCUT2D eigenvalue weighted by Crippen LogP contribution is -2.52. The van der Waals surface area contributed by atoms with Crippen LogP contribution in [-0.2, 0) is 16.1 Å². The van der Waals surface area contributed by atoms with Gasteiger partial charge in [0.1, 0.15) is 0 Å². The van der Waals surface area contributed by atoms with Gasteiger partial charge in [-0.05, 0) is 63.6 Å². The van der Waals surface area contributed by atoms with Crippen LogP contribution in [0.25, 0.3) is 0 Å². The van der Waals surface area contributed by atoms with Gasteiger partial charge in [-0.2, -0.15) is 0 Å². The van der Waals surface area contributed by atoms with Crippen molar-refractivity contribution in [2.75, 3.05) is 32.7 Å². The Morgan fingerprint density at radius 2 is 1.90 bits per heavy atom. The molecule has 1 unspecified atom stereocenters. The summed E-state index contributed by atoms with van der Waals surface area (Å²) in [6, 6.07) is 4.48. The summed E-state index contributed by atoms with van der Waals surface area (Å²) in [6.07, 6.45) is 9.95. The van der Waals surface area contributed by atoms with Crippen LogP contribution in [0, 0.1) is 11.8 Å². The van der Waals surface area contributed by atoms with Crippen molar-refractivity contribution in [2.45, 2.75) is 58.0 Å². The third-order valence-corrected chi connectivity index (χ3v) is 6.81. The number of hydrogen-bond donors (Lipinski definition) is 0. The molecule has 158 valence electrons. The fourth-order valence-electron chi connectivity index (χ4n) is 4.90. The SMILES string of the molecule is CCN(Cc1cccnc1)C(=O)C1CCCN(C2CCN(C(=O)C3CC3)CC2)C1. The van der Waals surface area contributed by atoms with Crippen LogP contribution in [0.4, 0.5) is 0 Å². The molecule has 1 aromatic rings. The Hall–Kier alpha value is -1.95. The zero-order chi connectivity index (χ0) is 20.2. The first-order valence-electron chi connectivity index (χ1n) is 11.4. The van der Waals surface area contributed by atoms with Crippen LogP contribution < -0.4 is 0 Å². The van der Waals surface area contributed by atoms with Crippen LogP contribution in [-0.4, -0.2) is 70.3 Å². The molecule has 1 saturated carbocycles. The normalized spacial score (nSPS) is 23.8. The summed E-state index contributed by atoms with van der Waals surface area (Å²) in [5, 5.41) is 0. The summed E-state index contributed by atoms with van der Waals surface area (Å²) < 4.78 is 0. The van der Waals surface area contributed by atoms with Crippen molar-refractivity contribution in [2.24, 2.45) is 11.8 Å². The molecule has 0 radical (unpaired) electrons. The molecule has 6 heteroatoms. The number of carbonyl (C=O) groups excluding carboxylic acids is 2. The molecule has 2 amide bonds. The smallest absolute Gasteiger partial charge is 0.227 e. The molecule has 2 saturated heterocycles. The van der Waals surface area contributed by atoms with Crippen LogP contribution >= 0.6 is 0 Å². The highest BCUT2D eigenvalue weighted by molar-refractivity contribution is 5.81. The van der Waals surface area contributed by atoms with Crippen LogP contribution in [0.3, 0.4) is 0 Å². The molecule has 4 rings (SSSR count). The van der Waals surface area contributed by atoms with Crippen LogP contribution in [0.15, 0.2) is 24.5 Å². The zero-order valence-corrected chi connectivity index (χ0v) is 17.6. The number of pyridine rings is 1. The molecule has 3 heterocycles. The van der Waals surface area contributed by atoms with E-state index in [2.05, 4.69) is 21.7 Å². The van der Waals surface area contributed by atoms with Gasteiger partial charge in [-0.3, -0.25) is 19.5 Å². The van der Waals surface area contributed by atoms with Gasteiger partial charge < -0.3 is 9.80 Å². The fourth-order valence-corrected chi connectivity index (χ4v) is 4.90. The minimum absolute atomic E-state index is 0.0893. The summed E-state index contributed by atoms with van der Waals surface area (Å²) in [6.45, 7) is 7.15. The van der Waals surface area contributed by atoms with E-state index in [1.165, 1.54) is 0 Å². The number of aromatic nitrogens is 1. The topological polar surface area (TPSA) is 56.8 Å². The predicted octanol–water partition coefficient (Wildman–Crippen LogP) is 2.54. The first-order chi connectivity index (χ1) is 14.2. The van der Waals surface area contributed by atoms with Crippen LogP contribution in [0.5, 0.6) is 0 Å². The first kappa shape index (κ1) is 20.3. The molecule has 6 nitrogen and oxygen atoms in total. The number of rotatable bonds is 6. The maximum Gasteiger partial charge on any atom is 0.227 e. The van der Waals surface area contributed by atoms with Gasteiger partial charge in [-0.15, -0.1) is 0 Å². The molecule has 1 aromatic heterocycles. The summed E-state index contributed by atoms with van der Waals surface area (Å²) in [7, 11) is 0. The van der Waals surface area contributed by atoms with E-state index in [1.54, 1.807) is 6.20 Å². The summed E-state index contributed by atoms with van der Waals surface area (Å²) in [5.74, 6) is 1.07. The van der Waals surface area contributed by atoms with Gasteiger partial charge in [0.05, 0.1) is 5.92 Å². The lowest BCUT2D eigenvalue weighted by molar-refractivity contribution is -0.138. The Labute approximate surface area is 174 Å². The quantitative estimate of drug-likeness (QED) is 0.739. The van der Waals surface area contributed by atoms with Crippen molar-refractivity contribution < 1.29 is 9.59 Å². The molecule has 29 heavy (non-hydrogen) atoms. The Morgan fingerprint density at radius 1 is 1.10 bits per heavy atom.